The molecule has 3 rings (SSSR count). The Bertz CT molecular complexity index is 634. The third-order valence-electron chi connectivity index (χ3n) is 5.56. The summed E-state index contributed by atoms with van der Waals surface area (Å²) in [5.74, 6) is -1.22. The highest BCUT2D eigenvalue weighted by Crippen LogP contribution is 2.44. The maximum atomic E-state index is 13.2. The Labute approximate surface area is 141 Å². The normalized spacial score (nSPS) is 28.9. The van der Waals surface area contributed by atoms with Crippen LogP contribution in [0.3, 0.4) is 0 Å². The summed E-state index contributed by atoms with van der Waals surface area (Å²) in [5, 5.41) is 9.75. The first-order chi connectivity index (χ1) is 11.4. The lowest BCUT2D eigenvalue weighted by Gasteiger charge is -2.34. The first-order valence-electron chi connectivity index (χ1n) is 8.15. The van der Waals surface area contributed by atoms with Gasteiger partial charge in [-0.3, -0.25) is 9.59 Å². The first-order valence-corrected chi connectivity index (χ1v) is 8.15. The maximum Gasteiger partial charge on any atom is 0.311 e. The van der Waals surface area contributed by atoms with Crippen molar-refractivity contribution in [1.82, 2.24) is 4.90 Å². The van der Waals surface area contributed by atoms with E-state index in [-0.39, 0.29) is 18.4 Å². The predicted molar refractivity (Wildman–Crippen MR) is 86.4 cm³/mol. The second-order valence-corrected chi connectivity index (χ2v) is 6.77. The fourth-order valence-corrected chi connectivity index (χ4v) is 3.84. The predicted octanol–water partition coefficient (Wildman–Crippen LogP) is 1.50. The number of likely N-dealkylation sites (tertiary alicyclic amines) is 1. The highest BCUT2D eigenvalue weighted by molar-refractivity contribution is 5.88. The number of benzene rings is 1. The number of hydrogen-bond donors (Lipinski definition) is 1. The van der Waals surface area contributed by atoms with Gasteiger partial charge in [-0.05, 0) is 18.9 Å². The van der Waals surface area contributed by atoms with Crippen molar-refractivity contribution in [2.75, 3.05) is 33.4 Å². The summed E-state index contributed by atoms with van der Waals surface area (Å²) in [5.41, 5.74) is -1.28. The van der Waals surface area contributed by atoms with Gasteiger partial charge in [0.05, 0.1) is 12.0 Å². The van der Waals surface area contributed by atoms with Crippen LogP contribution >= 0.6 is 0 Å². The minimum Gasteiger partial charge on any atom is -0.481 e. The van der Waals surface area contributed by atoms with E-state index in [2.05, 4.69) is 0 Å². The smallest absolute Gasteiger partial charge is 0.311 e. The fourth-order valence-electron chi connectivity index (χ4n) is 3.84. The Morgan fingerprint density at radius 1 is 1.38 bits per heavy atom. The lowest BCUT2D eigenvalue weighted by Crippen LogP contribution is -2.47. The molecule has 1 N–H and O–H groups in total. The largest absolute Gasteiger partial charge is 0.481 e. The molecule has 0 saturated carbocycles. The topological polar surface area (TPSA) is 76.1 Å². The van der Waals surface area contributed by atoms with Gasteiger partial charge < -0.3 is 19.5 Å². The Morgan fingerprint density at radius 2 is 2.08 bits per heavy atom. The van der Waals surface area contributed by atoms with Crippen molar-refractivity contribution in [1.29, 1.82) is 0 Å². The van der Waals surface area contributed by atoms with Gasteiger partial charge in [0.25, 0.3) is 5.91 Å². The van der Waals surface area contributed by atoms with Crippen LogP contribution in [-0.4, -0.2) is 55.3 Å². The van der Waals surface area contributed by atoms with Crippen LogP contribution in [-0.2, 0) is 24.7 Å². The van der Waals surface area contributed by atoms with Crippen LogP contribution in [0.15, 0.2) is 30.3 Å². The number of carboxylic acid groups (broad SMARTS) is 1. The summed E-state index contributed by atoms with van der Waals surface area (Å²) in [4.78, 5) is 26.7. The Hall–Kier alpha value is -1.92. The van der Waals surface area contributed by atoms with Gasteiger partial charge in [-0.15, -0.1) is 0 Å². The maximum absolute atomic E-state index is 13.2. The molecule has 0 spiro atoms. The number of carboxylic acids is 1. The second-order valence-electron chi connectivity index (χ2n) is 6.77. The number of aliphatic carboxylic acids is 1. The third kappa shape index (κ3) is 2.50. The molecule has 2 aliphatic rings. The standard InChI is InChI=1S/C18H23NO5/c1-17(23-2,13-6-4-3-5-7-13)15(20)19-10-14-11-24-9-8-18(14,12-19)16(21)22/h3-7,14H,8-12H2,1-2H3,(H,21,22)/t14-,17?,18+/m0/s1. The van der Waals surface area contributed by atoms with Gasteiger partial charge in [0.1, 0.15) is 0 Å². The summed E-state index contributed by atoms with van der Waals surface area (Å²) in [6.07, 6.45) is 0.436. The zero-order valence-electron chi connectivity index (χ0n) is 14.0. The van der Waals surface area contributed by atoms with Crippen molar-refractivity contribution < 1.29 is 24.2 Å². The monoisotopic (exact) mass is 333 g/mol. The molecular weight excluding hydrogens is 310 g/mol. The van der Waals surface area contributed by atoms with Crippen LogP contribution in [0.1, 0.15) is 18.9 Å². The van der Waals surface area contributed by atoms with Crippen LogP contribution in [0, 0.1) is 11.3 Å². The number of ether oxygens (including phenoxy) is 2. The summed E-state index contributed by atoms with van der Waals surface area (Å²) >= 11 is 0. The van der Waals surface area contributed by atoms with Gasteiger partial charge in [0, 0.05) is 32.7 Å². The molecule has 6 nitrogen and oxygen atoms in total. The molecule has 0 radical (unpaired) electrons. The third-order valence-corrected chi connectivity index (χ3v) is 5.56. The summed E-state index contributed by atoms with van der Waals surface area (Å²) in [6, 6.07) is 9.29. The lowest BCUT2D eigenvalue weighted by molar-refractivity contribution is -0.158. The van der Waals surface area contributed by atoms with Crippen LogP contribution in [0.2, 0.25) is 0 Å². The van der Waals surface area contributed by atoms with Crippen molar-refractivity contribution in [3.63, 3.8) is 0 Å². The quantitative estimate of drug-likeness (QED) is 0.904. The molecular formula is C18H23NO5. The molecule has 6 heteroatoms. The van der Waals surface area contributed by atoms with Crippen molar-refractivity contribution >= 4 is 11.9 Å². The molecule has 0 aliphatic carbocycles. The van der Waals surface area contributed by atoms with Crippen LogP contribution < -0.4 is 0 Å². The van der Waals surface area contributed by atoms with E-state index in [1.807, 2.05) is 30.3 Å². The highest BCUT2D eigenvalue weighted by Gasteiger charge is 2.56. The Balaban J connectivity index is 1.89. The lowest BCUT2D eigenvalue weighted by atomic mass is 9.74. The Kier molecular flexibility index (Phi) is 4.36. The SMILES string of the molecule is COC(C)(C(=O)N1C[C@H]2COCC[C@@]2(C(=O)O)C1)c1ccccc1. The van der Waals surface area contributed by atoms with Gasteiger partial charge in [-0.1, -0.05) is 30.3 Å². The van der Waals surface area contributed by atoms with E-state index in [1.165, 1.54) is 7.11 Å². The number of rotatable bonds is 4. The molecule has 1 amide bonds. The average Bonchev–Trinajstić information content (AvgIpc) is 3.02. The first kappa shape index (κ1) is 16.9. The molecule has 2 heterocycles. The van der Waals surface area contributed by atoms with Gasteiger partial charge in [0.15, 0.2) is 5.60 Å². The summed E-state index contributed by atoms with van der Waals surface area (Å²) in [6.45, 7) is 3.13. The number of hydrogen-bond acceptors (Lipinski definition) is 4. The molecule has 1 aromatic carbocycles. The Morgan fingerprint density at radius 3 is 2.67 bits per heavy atom. The van der Waals surface area contributed by atoms with Gasteiger partial charge in [-0.2, -0.15) is 0 Å². The molecule has 0 bridgehead atoms. The van der Waals surface area contributed by atoms with E-state index in [4.69, 9.17) is 9.47 Å². The number of carbonyl (C=O) groups excluding carboxylic acids is 1. The second kappa shape index (κ2) is 6.18. The van der Waals surface area contributed by atoms with Crippen LogP contribution in [0.4, 0.5) is 0 Å². The van der Waals surface area contributed by atoms with Crippen molar-refractivity contribution in [3.8, 4) is 0 Å². The molecule has 130 valence electrons. The summed E-state index contributed by atoms with van der Waals surface area (Å²) in [7, 11) is 1.50. The molecule has 1 unspecified atom stereocenters. The highest BCUT2D eigenvalue weighted by atomic mass is 16.5. The minimum absolute atomic E-state index is 0.176. The minimum atomic E-state index is -1.13. The van der Waals surface area contributed by atoms with Crippen molar-refractivity contribution in [2.45, 2.75) is 18.9 Å². The van der Waals surface area contributed by atoms with E-state index in [1.54, 1.807) is 11.8 Å². The molecule has 2 saturated heterocycles. The van der Waals surface area contributed by atoms with Gasteiger partial charge in [0.2, 0.25) is 0 Å². The van der Waals surface area contributed by atoms with E-state index in [0.717, 1.165) is 5.56 Å². The van der Waals surface area contributed by atoms with E-state index < -0.39 is 17.0 Å². The zero-order chi connectivity index (χ0) is 17.4. The van der Waals surface area contributed by atoms with Crippen LogP contribution in [0.5, 0.6) is 0 Å². The van der Waals surface area contributed by atoms with Crippen molar-refractivity contribution in [2.24, 2.45) is 11.3 Å². The number of nitrogens with zero attached hydrogens (tertiary/aromatic N) is 1. The molecule has 24 heavy (non-hydrogen) atoms. The number of fused-ring (bicyclic) bond motifs is 1. The van der Waals surface area contributed by atoms with Crippen molar-refractivity contribution in [3.05, 3.63) is 35.9 Å². The van der Waals surface area contributed by atoms with Gasteiger partial charge >= 0.3 is 5.97 Å². The fraction of sp³-hybridized carbons (Fsp3) is 0.556. The average molecular weight is 333 g/mol. The van der Waals surface area contributed by atoms with Crippen LogP contribution in [0.25, 0.3) is 0 Å². The molecule has 0 aromatic heterocycles. The molecule has 2 fully saturated rings. The number of amides is 1. The zero-order valence-corrected chi connectivity index (χ0v) is 14.0. The molecule has 3 atom stereocenters. The molecule has 1 aromatic rings. The van der Waals surface area contributed by atoms with E-state index in [9.17, 15) is 14.7 Å². The van der Waals surface area contributed by atoms with Gasteiger partial charge in [-0.25, -0.2) is 0 Å². The number of carbonyl (C=O) groups is 2. The summed E-state index contributed by atoms with van der Waals surface area (Å²) < 4.78 is 11.0. The molecule has 2 aliphatic heterocycles. The van der Waals surface area contributed by atoms with E-state index in [0.29, 0.717) is 26.2 Å². The number of methoxy groups -OCH3 is 1. The van der Waals surface area contributed by atoms with E-state index >= 15 is 0 Å².